The maximum atomic E-state index is 9.08. The van der Waals surface area contributed by atoms with E-state index in [9.17, 15) is 0 Å². The molecule has 0 aromatic carbocycles. The normalized spacial score (nSPS) is 16.7. The summed E-state index contributed by atoms with van der Waals surface area (Å²) in [5.41, 5.74) is 2.38. The first kappa shape index (κ1) is 13.0. The SMILES string of the molecule is CC(C)(C)C1=CCN(c2cncc(CO)n2)CC1. The van der Waals surface area contributed by atoms with Gasteiger partial charge in [0, 0.05) is 13.1 Å². The average molecular weight is 247 g/mol. The van der Waals surface area contributed by atoms with E-state index in [-0.39, 0.29) is 12.0 Å². The second-order valence-electron chi connectivity index (χ2n) is 5.70. The lowest BCUT2D eigenvalue weighted by Crippen LogP contribution is -2.32. The van der Waals surface area contributed by atoms with Crippen molar-refractivity contribution in [1.29, 1.82) is 0 Å². The van der Waals surface area contributed by atoms with Gasteiger partial charge in [0.2, 0.25) is 0 Å². The number of hydrogen-bond acceptors (Lipinski definition) is 4. The molecule has 1 aromatic heterocycles. The van der Waals surface area contributed by atoms with Gasteiger partial charge in [0.1, 0.15) is 5.82 Å². The maximum Gasteiger partial charge on any atom is 0.147 e. The molecule has 2 rings (SSSR count). The Bertz CT molecular complexity index is 449. The van der Waals surface area contributed by atoms with Crippen LogP contribution in [-0.4, -0.2) is 28.2 Å². The first-order valence-electron chi connectivity index (χ1n) is 6.37. The fourth-order valence-electron chi connectivity index (χ4n) is 2.18. The lowest BCUT2D eigenvalue weighted by atomic mass is 9.83. The number of hydrogen-bond donors (Lipinski definition) is 1. The molecular weight excluding hydrogens is 226 g/mol. The van der Waals surface area contributed by atoms with E-state index < -0.39 is 0 Å². The van der Waals surface area contributed by atoms with E-state index in [0.29, 0.717) is 5.69 Å². The number of aromatic nitrogens is 2. The van der Waals surface area contributed by atoms with Crippen molar-refractivity contribution in [2.24, 2.45) is 5.41 Å². The number of anilines is 1. The molecule has 1 aromatic rings. The van der Waals surface area contributed by atoms with Crippen LogP contribution in [0, 0.1) is 5.41 Å². The first-order valence-corrected chi connectivity index (χ1v) is 6.37. The zero-order chi connectivity index (χ0) is 13.2. The van der Waals surface area contributed by atoms with Crippen LogP contribution in [0.4, 0.5) is 5.82 Å². The predicted molar refractivity (Wildman–Crippen MR) is 72.3 cm³/mol. The molecular formula is C14H21N3O. The minimum absolute atomic E-state index is 0.0578. The monoisotopic (exact) mass is 247 g/mol. The van der Waals surface area contributed by atoms with Gasteiger partial charge in [0.05, 0.1) is 24.7 Å². The van der Waals surface area contributed by atoms with Crippen LogP contribution in [0.15, 0.2) is 24.0 Å². The number of aliphatic hydroxyl groups is 1. The minimum Gasteiger partial charge on any atom is -0.390 e. The zero-order valence-corrected chi connectivity index (χ0v) is 11.3. The molecule has 4 heteroatoms. The van der Waals surface area contributed by atoms with E-state index >= 15 is 0 Å². The molecule has 4 nitrogen and oxygen atoms in total. The van der Waals surface area contributed by atoms with Gasteiger partial charge in [0.15, 0.2) is 0 Å². The van der Waals surface area contributed by atoms with Crippen molar-refractivity contribution in [3.05, 3.63) is 29.7 Å². The molecule has 0 saturated heterocycles. The fraction of sp³-hybridized carbons (Fsp3) is 0.571. The lowest BCUT2D eigenvalue weighted by molar-refractivity contribution is 0.276. The highest BCUT2D eigenvalue weighted by atomic mass is 16.3. The molecule has 0 radical (unpaired) electrons. The van der Waals surface area contributed by atoms with Crippen LogP contribution in [0.1, 0.15) is 32.9 Å². The van der Waals surface area contributed by atoms with Crippen LogP contribution < -0.4 is 4.90 Å². The smallest absolute Gasteiger partial charge is 0.147 e. The van der Waals surface area contributed by atoms with Crippen molar-refractivity contribution in [3.63, 3.8) is 0 Å². The Kier molecular flexibility index (Phi) is 3.66. The van der Waals surface area contributed by atoms with E-state index in [1.165, 1.54) is 5.57 Å². The van der Waals surface area contributed by atoms with Crippen molar-refractivity contribution < 1.29 is 5.11 Å². The molecule has 0 unspecified atom stereocenters. The first-order chi connectivity index (χ1) is 8.50. The van der Waals surface area contributed by atoms with Crippen LogP contribution in [0.5, 0.6) is 0 Å². The van der Waals surface area contributed by atoms with Crippen LogP contribution in [0.2, 0.25) is 0 Å². The van der Waals surface area contributed by atoms with Crippen molar-refractivity contribution in [3.8, 4) is 0 Å². The third-order valence-corrected chi connectivity index (χ3v) is 3.33. The molecule has 2 heterocycles. The summed E-state index contributed by atoms with van der Waals surface area (Å²) in [5, 5.41) is 9.08. The van der Waals surface area contributed by atoms with E-state index in [4.69, 9.17) is 5.11 Å². The Morgan fingerprint density at radius 1 is 1.33 bits per heavy atom. The van der Waals surface area contributed by atoms with Gasteiger partial charge >= 0.3 is 0 Å². The van der Waals surface area contributed by atoms with Crippen molar-refractivity contribution in [2.45, 2.75) is 33.8 Å². The summed E-state index contributed by atoms with van der Waals surface area (Å²) < 4.78 is 0. The summed E-state index contributed by atoms with van der Waals surface area (Å²) in [5.74, 6) is 0.853. The predicted octanol–water partition coefficient (Wildman–Crippen LogP) is 2.15. The van der Waals surface area contributed by atoms with Crippen molar-refractivity contribution in [1.82, 2.24) is 9.97 Å². The molecule has 0 saturated carbocycles. The maximum absolute atomic E-state index is 9.08. The van der Waals surface area contributed by atoms with Gasteiger partial charge in [-0.15, -0.1) is 0 Å². The molecule has 0 aliphatic carbocycles. The Morgan fingerprint density at radius 3 is 2.67 bits per heavy atom. The van der Waals surface area contributed by atoms with Crippen molar-refractivity contribution in [2.75, 3.05) is 18.0 Å². The third-order valence-electron chi connectivity index (χ3n) is 3.33. The summed E-state index contributed by atoms with van der Waals surface area (Å²) in [4.78, 5) is 10.7. The van der Waals surface area contributed by atoms with Gasteiger partial charge in [-0.3, -0.25) is 4.98 Å². The quantitative estimate of drug-likeness (QED) is 0.814. The molecule has 0 fully saturated rings. The molecule has 0 amide bonds. The molecule has 1 aliphatic rings. The third kappa shape index (κ3) is 2.88. The van der Waals surface area contributed by atoms with Crippen LogP contribution >= 0.6 is 0 Å². The van der Waals surface area contributed by atoms with Gasteiger partial charge < -0.3 is 10.0 Å². The lowest BCUT2D eigenvalue weighted by Gasteiger charge is -2.32. The Labute approximate surface area is 108 Å². The number of nitrogens with zero attached hydrogens (tertiary/aromatic N) is 3. The van der Waals surface area contributed by atoms with E-state index in [2.05, 4.69) is 41.7 Å². The Morgan fingerprint density at radius 2 is 2.11 bits per heavy atom. The second kappa shape index (κ2) is 5.06. The summed E-state index contributed by atoms with van der Waals surface area (Å²) in [6, 6.07) is 0. The van der Waals surface area contributed by atoms with E-state index in [0.717, 1.165) is 25.3 Å². The minimum atomic E-state index is -0.0578. The molecule has 0 atom stereocenters. The topological polar surface area (TPSA) is 49.2 Å². The van der Waals surface area contributed by atoms with E-state index in [1.807, 2.05) is 0 Å². The largest absolute Gasteiger partial charge is 0.390 e. The standard InChI is InChI=1S/C14H21N3O/c1-14(2,3)11-4-6-17(7-5-11)13-9-15-8-12(10-18)16-13/h4,8-9,18H,5-7,10H2,1-3H3. The molecule has 1 N–H and O–H groups in total. The Hall–Kier alpha value is -1.42. The van der Waals surface area contributed by atoms with Crippen LogP contribution in [0.3, 0.4) is 0 Å². The summed E-state index contributed by atoms with van der Waals surface area (Å²) in [7, 11) is 0. The van der Waals surface area contributed by atoms with Gasteiger partial charge in [-0.25, -0.2) is 4.98 Å². The zero-order valence-electron chi connectivity index (χ0n) is 11.3. The van der Waals surface area contributed by atoms with Gasteiger partial charge in [-0.1, -0.05) is 32.4 Å². The van der Waals surface area contributed by atoms with Gasteiger partial charge in [0.25, 0.3) is 0 Å². The van der Waals surface area contributed by atoms with Crippen LogP contribution in [-0.2, 0) is 6.61 Å². The second-order valence-corrected chi connectivity index (χ2v) is 5.70. The molecule has 0 bridgehead atoms. The molecule has 18 heavy (non-hydrogen) atoms. The van der Waals surface area contributed by atoms with Crippen LogP contribution in [0.25, 0.3) is 0 Å². The average Bonchev–Trinajstić information content (AvgIpc) is 2.38. The fourth-order valence-corrected chi connectivity index (χ4v) is 2.18. The summed E-state index contributed by atoms with van der Waals surface area (Å²) in [6.07, 6.45) is 6.71. The molecule has 0 spiro atoms. The highest BCUT2D eigenvalue weighted by Crippen LogP contribution is 2.30. The summed E-state index contributed by atoms with van der Waals surface area (Å²) in [6.45, 7) is 8.53. The number of aliphatic hydroxyl groups excluding tert-OH is 1. The van der Waals surface area contributed by atoms with Gasteiger partial charge in [-0.2, -0.15) is 0 Å². The Balaban J connectivity index is 2.11. The number of rotatable bonds is 2. The van der Waals surface area contributed by atoms with Gasteiger partial charge in [-0.05, 0) is 11.8 Å². The summed E-state index contributed by atoms with van der Waals surface area (Å²) >= 11 is 0. The highest BCUT2D eigenvalue weighted by Gasteiger charge is 2.21. The molecule has 1 aliphatic heterocycles. The van der Waals surface area contributed by atoms with Crippen molar-refractivity contribution >= 4 is 5.82 Å². The van der Waals surface area contributed by atoms with E-state index in [1.54, 1.807) is 12.4 Å². The highest BCUT2D eigenvalue weighted by molar-refractivity contribution is 5.40. The molecule has 98 valence electrons.